The van der Waals surface area contributed by atoms with Crippen LogP contribution in [0.25, 0.3) is 64.1 Å². The SMILES string of the molecule is CCCCCCc1ccc(C2(c3ccc(CCCCCC)cc3)c3cc4c(cc3-c3sc(-c5ncc(Br)c6nsnc56)cc32)C(c2ccc(CCCCCC)cc2)(c2ccc(CCCCCC)cc2)c2cc(-c3ncc(Br)c5nsnc35)sc2-4)cc1. The van der Waals surface area contributed by atoms with E-state index in [-0.39, 0.29) is 0 Å². The third-order valence-electron chi connectivity index (χ3n) is 18.5. The Bertz CT molecular complexity index is 3780. The Morgan fingerprint density at radius 3 is 0.953 bits per heavy atom. The lowest BCUT2D eigenvalue weighted by molar-refractivity contribution is 0.666. The number of hydrogen-bond donors (Lipinski definition) is 0. The Hall–Kier alpha value is -5.60. The number of rotatable bonds is 26. The van der Waals surface area contributed by atoms with Crippen LogP contribution in [0.4, 0.5) is 0 Å². The van der Waals surface area contributed by atoms with E-state index in [2.05, 4.69) is 181 Å². The lowest BCUT2D eigenvalue weighted by Gasteiger charge is -2.35. The molecule has 6 aromatic heterocycles. The van der Waals surface area contributed by atoms with Crippen LogP contribution in [0.5, 0.6) is 0 Å². The second-order valence-corrected chi connectivity index (χ2v) is 28.9. The van der Waals surface area contributed by atoms with Gasteiger partial charge in [0.05, 0.1) is 53.0 Å². The van der Waals surface area contributed by atoms with E-state index >= 15 is 0 Å². The maximum atomic E-state index is 5.17. The molecule has 6 nitrogen and oxygen atoms in total. The number of nitrogens with zero attached hydrogens (tertiary/aromatic N) is 6. The standard InChI is InChI=1S/C74H74Br2N6S4/c1-5-9-13-17-21-47-25-33-51(34-26-47)73(52-35-27-48(28-36-52)22-18-14-10-6-2)57-41-56-58(42-55(57)71-59(73)43-63(83-71)67-69-65(79-85-81-69)61(75)45-77-67)74(53-37-29-49(30-38-53)23-19-15-11-7-3,54-39-31-50(32-40-54)24-20-16-12-8-4)60-44-64(84-72(56)60)68-70-66(80-86-82-70)62(76)46-78-68/h25-46H,5-24H2,1-4H3. The van der Waals surface area contributed by atoms with Gasteiger partial charge in [0.25, 0.3) is 0 Å². The first kappa shape index (κ1) is 59.4. The number of aromatic nitrogens is 6. The summed E-state index contributed by atoms with van der Waals surface area (Å²) in [4.78, 5) is 15.1. The lowest BCUT2D eigenvalue weighted by Crippen LogP contribution is -2.30. The minimum absolute atomic E-state index is 0.680. The summed E-state index contributed by atoms with van der Waals surface area (Å²) in [5.41, 5.74) is 22.2. The molecule has 0 atom stereocenters. The van der Waals surface area contributed by atoms with E-state index in [1.165, 1.54) is 214 Å². The van der Waals surface area contributed by atoms with E-state index < -0.39 is 10.8 Å². The number of pyridine rings is 2. The summed E-state index contributed by atoms with van der Waals surface area (Å²) < 4.78 is 21.1. The van der Waals surface area contributed by atoms with Crippen molar-refractivity contribution in [3.8, 4) is 42.0 Å². The van der Waals surface area contributed by atoms with E-state index in [1.807, 2.05) is 35.1 Å². The molecule has 5 aromatic carbocycles. The predicted molar refractivity (Wildman–Crippen MR) is 372 cm³/mol. The minimum Gasteiger partial charge on any atom is -0.252 e. The Balaban J connectivity index is 1.09. The fraction of sp³-hybridized carbons (Fsp3) is 0.351. The third kappa shape index (κ3) is 10.8. The van der Waals surface area contributed by atoms with Gasteiger partial charge in [-0.3, -0.25) is 9.97 Å². The Labute approximate surface area is 541 Å². The first-order valence-electron chi connectivity index (χ1n) is 31.7. The van der Waals surface area contributed by atoms with Crippen molar-refractivity contribution >= 4 is 100 Å². The molecule has 11 aromatic rings. The molecule has 12 heteroatoms. The Morgan fingerprint density at radius 2 is 0.651 bits per heavy atom. The molecule has 0 saturated heterocycles. The highest BCUT2D eigenvalue weighted by atomic mass is 79.9. The zero-order valence-corrected chi connectivity index (χ0v) is 56.4. The minimum atomic E-state index is -0.680. The van der Waals surface area contributed by atoms with Crippen LogP contribution in [-0.4, -0.2) is 27.5 Å². The highest BCUT2D eigenvalue weighted by Gasteiger charge is 2.53. The van der Waals surface area contributed by atoms with Gasteiger partial charge < -0.3 is 0 Å². The number of benzene rings is 5. The number of unbranched alkanes of at least 4 members (excludes halogenated alkanes) is 12. The molecule has 0 bridgehead atoms. The van der Waals surface area contributed by atoms with Crippen molar-refractivity contribution in [2.45, 2.75) is 167 Å². The van der Waals surface area contributed by atoms with Crippen molar-refractivity contribution in [1.29, 1.82) is 0 Å². The van der Waals surface area contributed by atoms with E-state index in [9.17, 15) is 0 Å². The number of halogens is 2. The highest BCUT2D eigenvalue weighted by molar-refractivity contribution is 9.11. The van der Waals surface area contributed by atoms with Crippen molar-refractivity contribution in [2.24, 2.45) is 0 Å². The van der Waals surface area contributed by atoms with Crippen LogP contribution >= 0.6 is 78.0 Å². The van der Waals surface area contributed by atoms with Crippen molar-refractivity contribution in [1.82, 2.24) is 27.5 Å². The molecule has 0 fully saturated rings. The summed E-state index contributed by atoms with van der Waals surface area (Å²) in [6.45, 7) is 9.19. The lowest BCUT2D eigenvalue weighted by atomic mass is 9.65. The molecule has 0 spiro atoms. The van der Waals surface area contributed by atoms with Gasteiger partial charge in [0.1, 0.15) is 33.5 Å². The number of aryl methyl sites for hydroxylation is 4. The maximum absolute atomic E-state index is 5.17. The molecule has 86 heavy (non-hydrogen) atoms. The summed E-state index contributed by atoms with van der Waals surface area (Å²) in [6, 6.07) is 49.4. The second-order valence-electron chi connectivity index (χ2n) is 24.0. The normalized spacial score (nSPS) is 13.7. The molecule has 2 aliphatic rings. The van der Waals surface area contributed by atoms with Crippen LogP contribution in [0.15, 0.2) is 143 Å². The van der Waals surface area contributed by atoms with Crippen molar-refractivity contribution in [3.63, 3.8) is 0 Å². The second kappa shape index (κ2) is 26.2. The van der Waals surface area contributed by atoms with Crippen molar-refractivity contribution in [2.75, 3.05) is 0 Å². The quantitative estimate of drug-likeness (QED) is 0.0503. The fourth-order valence-corrected chi connectivity index (χ4v) is 18.6. The van der Waals surface area contributed by atoms with Gasteiger partial charge in [0, 0.05) is 22.1 Å². The zero-order valence-electron chi connectivity index (χ0n) is 49.9. The Kier molecular flexibility index (Phi) is 18.1. The molecular weight excluding hydrogens is 1260 g/mol. The Morgan fingerprint density at radius 1 is 0.349 bits per heavy atom. The largest absolute Gasteiger partial charge is 0.252 e. The molecule has 0 N–H and O–H groups in total. The average Bonchev–Trinajstić information content (AvgIpc) is 1.52. The van der Waals surface area contributed by atoms with Crippen LogP contribution < -0.4 is 0 Å². The molecule has 0 amide bonds. The van der Waals surface area contributed by atoms with Crippen LogP contribution in [0.2, 0.25) is 0 Å². The van der Waals surface area contributed by atoms with Crippen LogP contribution in [0, 0.1) is 0 Å². The van der Waals surface area contributed by atoms with Gasteiger partial charge in [-0.15, -0.1) is 22.7 Å². The number of thiophene rings is 2. The molecule has 2 aliphatic carbocycles. The molecule has 0 radical (unpaired) electrons. The van der Waals surface area contributed by atoms with Crippen molar-refractivity contribution in [3.05, 3.63) is 209 Å². The van der Waals surface area contributed by atoms with Crippen LogP contribution in [0.1, 0.15) is 197 Å². The highest BCUT2D eigenvalue weighted by Crippen LogP contribution is 2.66. The fourth-order valence-electron chi connectivity index (χ4n) is 14.0. The number of hydrogen-bond acceptors (Lipinski definition) is 10. The summed E-state index contributed by atoms with van der Waals surface area (Å²) in [5, 5.41) is 0. The zero-order chi connectivity index (χ0) is 58.8. The van der Waals surface area contributed by atoms with Gasteiger partial charge >= 0.3 is 0 Å². The molecule has 438 valence electrons. The van der Waals surface area contributed by atoms with E-state index in [4.69, 9.17) is 27.5 Å². The van der Waals surface area contributed by atoms with Gasteiger partial charge in [-0.05, 0) is 185 Å². The van der Waals surface area contributed by atoms with Gasteiger partial charge in [-0.2, -0.15) is 17.5 Å². The molecule has 13 rings (SSSR count). The maximum Gasteiger partial charge on any atom is 0.133 e. The predicted octanol–water partition coefficient (Wildman–Crippen LogP) is 22.7. The van der Waals surface area contributed by atoms with Gasteiger partial charge in [0.15, 0.2) is 0 Å². The average molecular weight is 1340 g/mol. The van der Waals surface area contributed by atoms with Crippen LogP contribution in [0.3, 0.4) is 0 Å². The summed E-state index contributed by atoms with van der Waals surface area (Å²) in [5.74, 6) is 0. The van der Waals surface area contributed by atoms with Gasteiger partial charge in [-0.25, -0.2) is 0 Å². The molecule has 0 aliphatic heterocycles. The van der Waals surface area contributed by atoms with E-state index in [0.29, 0.717) is 0 Å². The topological polar surface area (TPSA) is 77.3 Å². The monoisotopic (exact) mass is 1330 g/mol. The van der Waals surface area contributed by atoms with Gasteiger partial charge in [-0.1, -0.05) is 202 Å². The molecular formula is C74H74Br2N6S4. The van der Waals surface area contributed by atoms with Crippen LogP contribution in [-0.2, 0) is 36.5 Å². The first-order valence-corrected chi connectivity index (χ1v) is 36.4. The van der Waals surface area contributed by atoms with Crippen molar-refractivity contribution < 1.29 is 0 Å². The summed E-state index contributed by atoms with van der Waals surface area (Å²) in [7, 11) is 0. The smallest absolute Gasteiger partial charge is 0.133 e. The number of fused-ring (bicyclic) bond motifs is 8. The third-order valence-corrected chi connectivity index (χ3v) is 23.1. The van der Waals surface area contributed by atoms with Gasteiger partial charge in [0.2, 0.25) is 0 Å². The summed E-state index contributed by atoms with van der Waals surface area (Å²) >= 11 is 13.8. The summed E-state index contributed by atoms with van der Waals surface area (Å²) in [6.07, 6.45) is 27.9. The molecule has 6 heterocycles. The molecule has 0 saturated carbocycles. The van der Waals surface area contributed by atoms with E-state index in [0.717, 1.165) is 77.8 Å². The first-order chi connectivity index (χ1) is 42.3. The van der Waals surface area contributed by atoms with E-state index in [1.54, 1.807) is 0 Å². The molecule has 0 unspecified atom stereocenters.